The summed E-state index contributed by atoms with van der Waals surface area (Å²) in [5.41, 5.74) is 1.65. The van der Waals surface area contributed by atoms with E-state index in [1.807, 2.05) is 0 Å². The molecule has 6 rings (SSSR count). The van der Waals surface area contributed by atoms with Crippen molar-refractivity contribution in [3.05, 3.63) is 23.8 Å². The summed E-state index contributed by atoms with van der Waals surface area (Å²) in [4.78, 5) is 0. The van der Waals surface area contributed by atoms with E-state index in [9.17, 15) is 0 Å². The van der Waals surface area contributed by atoms with Crippen molar-refractivity contribution in [2.75, 3.05) is 0 Å². The molecule has 0 nitrogen and oxygen atoms in total. The Morgan fingerprint density at radius 1 is 0.722 bits per heavy atom. The molecule has 1 heteroatoms. The normalized spacial score (nSPS) is 50.2. The first kappa shape index (κ1) is 26.4. The molecule has 0 saturated heterocycles. The van der Waals surface area contributed by atoms with Gasteiger partial charge in [0.1, 0.15) is 0 Å². The Morgan fingerprint density at radius 2 is 1.42 bits per heavy atom. The van der Waals surface area contributed by atoms with E-state index in [1.165, 1.54) is 51.4 Å². The minimum Gasteiger partial charge on any atom is -0.0826 e. The lowest BCUT2D eigenvalue weighted by atomic mass is 9.45. The highest BCUT2D eigenvalue weighted by Crippen LogP contribution is 2.63. The summed E-state index contributed by atoms with van der Waals surface area (Å²) in [5, 5.41) is 0. The second-order valence-corrected chi connectivity index (χ2v) is 16.3. The molecule has 5 fully saturated rings. The molecule has 9 unspecified atom stereocenters. The Hall–Kier alpha value is 0.210. The van der Waals surface area contributed by atoms with Crippen LogP contribution in [0.1, 0.15) is 123 Å². The molecule has 5 saturated carbocycles. The van der Waals surface area contributed by atoms with Crippen LogP contribution in [0.4, 0.5) is 0 Å². The van der Waals surface area contributed by atoms with E-state index in [-0.39, 0.29) is 0 Å². The molecular weight excluding hydrogens is 547 g/mol. The van der Waals surface area contributed by atoms with Crippen molar-refractivity contribution in [3.8, 4) is 0 Å². The zero-order valence-electron chi connectivity index (χ0n) is 23.6. The smallest absolute Gasteiger partial charge is 0.0113 e. The van der Waals surface area contributed by atoms with Gasteiger partial charge in [0.2, 0.25) is 0 Å². The van der Waals surface area contributed by atoms with Gasteiger partial charge in [-0.3, -0.25) is 0 Å². The fraction of sp³-hybridized carbons (Fsp3) is 0.886. The summed E-state index contributed by atoms with van der Waals surface area (Å²) in [6.07, 6.45) is 33.8. The Labute approximate surface area is 237 Å². The van der Waals surface area contributed by atoms with Crippen molar-refractivity contribution in [1.82, 2.24) is 0 Å². The van der Waals surface area contributed by atoms with Gasteiger partial charge in [0.05, 0.1) is 0 Å². The first-order valence-corrected chi connectivity index (χ1v) is 17.9. The van der Waals surface area contributed by atoms with Crippen molar-refractivity contribution < 1.29 is 0 Å². The first-order valence-electron chi connectivity index (χ1n) is 16.7. The number of alkyl halides is 1. The first-order chi connectivity index (χ1) is 17.6. The monoisotopic (exact) mass is 602 g/mol. The average Bonchev–Trinajstić information content (AvgIpc) is 2.90. The fourth-order valence-corrected chi connectivity index (χ4v) is 12.3. The average molecular weight is 603 g/mol. The molecule has 0 aliphatic heterocycles. The molecule has 6 aliphatic carbocycles. The summed E-state index contributed by atoms with van der Waals surface area (Å²) in [5.74, 6) is 11.2. The quantitative estimate of drug-likeness (QED) is 0.222. The van der Waals surface area contributed by atoms with Gasteiger partial charge < -0.3 is 0 Å². The second kappa shape index (κ2) is 11.8. The van der Waals surface area contributed by atoms with Crippen molar-refractivity contribution in [2.24, 2.45) is 65.1 Å². The van der Waals surface area contributed by atoms with Gasteiger partial charge >= 0.3 is 0 Å². The van der Waals surface area contributed by atoms with Crippen LogP contribution in [-0.2, 0) is 0 Å². The highest BCUT2D eigenvalue weighted by Gasteiger charge is 2.56. The van der Waals surface area contributed by atoms with Crippen LogP contribution in [0.3, 0.4) is 0 Å². The van der Waals surface area contributed by atoms with Crippen LogP contribution in [-0.4, -0.2) is 3.92 Å². The summed E-state index contributed by atoms with van der Waals surface area (Å²) in [6.45, 7) is 4.87. The zero-order chi connectivity index (χ0) is 24.6. The lowest BCUT2D eigenvalue weighted by molar-refractivity contribution is -0.108. The van der Waals surface area contributed by atoms with E-state index >= 15 is 0 Å². The molecule has 0 amide bonds. The van der Waals surface area contributed by atoms with Gasteiger partial charge in [-0.1, -0.05) is 99.6 Å². The highest BCUT2D eigenvalue weighted by atomic mass is 127. The Balaban J connectivity index is 1.29. The zero-order valence-corrected chi connectivity index (χ0v) is 25.7. The number of hydrogen-bond acceptors (Lipinski definition) is 0. The molecule has 0 bridgehead atoms. The van der Waals surface area contributed by atoms with Crippen LogP contribution in [0.25, 0.3) is 0 Å². The predicted molar refractivity (Wildman–Crippen MR) is 163 cm³/mol. The van der Waals surface area contributed by atoms with Crippen molar-refractivity contribution in [2.45, 2.75) is 127 Å². The maximum absolute atomic E-state index is 2.86. The molecule has 0 heterocycles. The van der Waals surface area contributed by atoms with Crippen LogP contribution in [0.2, 0.25) is 0 Å². The largest absolute Gasteiger partial charge is 0.0826 e. The molecule has 202 valence electrons. The molecule has 0 aromatic rings. The third-order valence-electron chi connectivity index (χ3n) is 12.8. The van der Waals surface area contributed by atoms with E-state index in [0.717, 1.165) is 69.0 Å². The number of rotatable bonds is 4. The van der Waals surface area contributed by atoms with Gasteiger partial charge in [-0.15, -0.1) is 0 Å². The maximum Gasteiger partial charge on any atom is 0.0113 e. The lowest BCUT2D eigenvalue weighted by Gasteiger charge is -2.61. The Morgan fingerprint density at radius 3 is 2.19 bits per heavy atom. The van der Waals surface area contributed by atoms with Gasteiger partial charge in [0.25, 0.3) is 0 Å². The van der Waals surface area contributed by atoms with Crippen LogP contribution in [0, 0.1) is 65.1 Å². The van der Waals surface area contributed by atoms with Gasteiger partial charge in [-0.25, -0.2) is 0 Å². The van der Waals surface area contributed by atoms with Crippen LogP contribution >= 0.6 is 22.6 Å². The van der Waals surface area contributed by atoms with Crippen molar-refractivity contribution >= 4 is 22.6 Å². The maximum atomic E-state index is 2.86. The third-order valence-corrected chi connectivity index (χ3v) is 13.9. The molecule has 36 heavy (non-hydrogen) atoms. The van der Waals surface area contributed by atoms with Crippen LogP contribution in [0.5, 0.6) is 0 Å². The Bertz CT molecular complexity index is 794. The number of halogens is 1. The van der Waals surface area contributed by atoms with Crippen LogP contribution < -0.4 is 0 Å². The van der Waals surface area contributed by atoms with Gasteiger partial charge in [-0.05, 0) is 135 Å². The summed E-state index contributed by atoms with van der Waals surface area (Å²) >= 11 is 2.86. The van der Waals surface area contributed by atoms with Gasteiger partial charge in [0.15, 0.2) is 0 Å². The molecule has 0 N–H and O–H groups in total. The summed E-state index contributed by atoms with van der Waals surface area (Å²) < 4.78 is 0.947. The molecule has 12 atom stereocenters. The van der Waals surface area contributed by atoms with Crippen molar-refractivity contribution in [3.63, 3.8) is 0 Å². The van der Waals surface area contributed by atoms with Crippen LogP contribution in [0.15, 0.2) is 23.8 Å². The minimum atomic E-state index is 0.771. The SMILES string of the molecule is CCC/C=C1/C=C[C@H](C2C3CCC(I)CC3C(C3CC[C@@H]4CCCCC4C3)[C@@H]3CCCCC23)CC1C. The molecule has 0 radical (unpaired) electrons. The Kier molecular flexibility index (Phi) is 8.63. The minimum absolute atomic E-state index is 0.771. The third kappa shape index (κ3) is 5.20. The molecule has 0 spiro atoms. The lowest BCUT2D eigenvalue weighted by Crippen LogP contribution is -2.54. The number of allylic oxidation sites excluding steroid dienone is 4. The molecule has 0 aromatic heterocycles. The standard InChI is InChI=1S/C35H55I/c1-3-4-9-24-14-16-27(20-23(24)2)34-30-12-7-8-13-31(30)35(33-22-29(36)18-19-32(33)34)28-17-15-25-10-5-6-11-26(25)21-28/h9,14,16,23,25-35H,3-8,10-13,15,17-22H2,1-2H3/b24-9-/t23?,25-,26?,27-,28?,29?,30?,31+,32?,33?,34?,35?/m0/s1. The summed E-state index contributed by atoms with van der Waals surface area (Å²) in [6, 6.07) is 0. The number of fused-ring (bicyclic) bond motifs is 3. The summed E-state index contributed by atoms with van der Waals surface area (Å²) in [7, 11) is 0. The van der Waals surface area contributed by atoms with E-state index in [0.29, 0.717) is 0 Å². The number of hydrogen-bond donors (Lipinski definition) is 0. The second-order valence-electron chi connectivity index (χ2n) is 14.5. The van der Waals surface area contributed by atoms with E-state index in [4.69, 9.17) is 0 Å². The topological polar surface area (TPSA) is 0 Å². The highest BCUT2D eigenvalue weighted by molar-refractivity contribution is 14.1. The number of unbranched alkanes of at least 4 members (excludes halogenated alkanes) is 1. The molecule has 6 aliphatic rings. The van der Waals surface area contributed by atoms with E-state index < -0.39 is 0 Å². The predicted octanol–water partition coefficient (Wildman–Crippen LogP) is 10.8. The van der Waals surface area contributed by atoms with Gasteiger partial charge in [0, 0.05) is 3.92 Å². The van der Waals surface area contributed by atoms with E-state index in [1.54, 1.807) is 63.4 Å². The van der Waals surface area contributed by atoms with Crippen molar-refractivity contribution in [1.29, 1.82) is 0 Å². The molecule has 0 aromatic carbocycles. The van der Waals surface area contributed by atoms with E-state index in [2.05, 4.69) is 54.7 Å². The molecular formula is C35H55I. The van der Waals surface area contributed by atoms with Gasteiger partial charge in [-0.2, -0.15) is 0 Å². The fourth-order valence-electron chi connectivity index (χ4n) is 11.4.